The molecule has 0 saturated carbocycles. The van der Waals surface area contributed by atoms with Crippen LogP contribution >= 0.6 is 15.9 Å². The zero-order valence-electron chi connectivity index (χ0n) is 9.24. The molecular formula is C11H17BrN2O2. The Hall–Kier alpha value is -0.780. The highest BCUT2D eigenvalue weighted by molar-refractivity contribution is 9.10. The molecule has 0 heterocycles. The normalized spacial score (nSPS) is 12.5. The summed E-state index contributed by atoms with van der Waals surface area (Å²) in [6.45, 7) is 2.89. The van der Waals surface area contributed by atoms with Crippen LogP contribution in [0.15, 0.2) is 16.6 Å². The molecule has 0 bridgehead atoms. The lowest BCUT2D eigenvalue weighted by molar-refractivity contribution is 0.316. The number of phenolic OH excluding ortho intramolecular Hbond substituents is 1. The van der Waals surface area contributed by atoms with Crippen molar-refractivity contribution >= 4 is 15.9 Å². The smallest absolute Gasteiger partial charge is 0.172 e. The Kier molecular flexibility index (Phi) is 5.05. The van der Waals surface area contributed by atoms with Crippen LogP contribution in [0, 0.1) is 0 Å². The number of nitrogens with two attached hydrogens (primary N) is 2. The van der Waals surface area contributed by atoms with E-state index < -0.39 is 0 Å². The molecule has 5 heteroatoms. The Morgan fingerprint density at radius 3 is 2.75 bits per heavy atom. The highest BCUT2D eigenvalue weighted by atomic mass is 79.9. The molecule has 0 aliphatic carbocycles. The first-order chi connectivity index (χ1) is 7.60. The second-order valence-corrected chi connectivity index (χ2v) is 4.32. The van der Waals surface area contributed by atoms with E-state index in [1.165, 1.54) is 0 Å². The largest absolute Gasteiger partial charge is 0.503 e. The van der Waals surface area contributed by atoms with Crippen molar-refractivity contribution in [2.75, 3.05) is 13.2 Å². The summed E-state index contributed by atoms with van der Waals surface area (Å²) in [6.07, 6.45) is 0.697. The van der Waals surface area contributed by atoms with Gasteiger partial charge >= 0.3 is 0 Å². The lowest BCUT2D eigenvalue weighted by Crippen LogP contribution is -2.15. The Bertz CT molecular complexity index is 358. The molecule has 0 aromatic heterocycles. The maximum absolute atomic E-state index is 9.73. The fourth-order valence-electron chi connectivity index (χ4n) is 1.42. The molecule has 1 aromatic rings. The first-order valence-electron chi connectivity index (χ1n) is 5.21. The van der Waals surface area contributed by atoms with Crippen LogP contribution in [0.1, 0.15) is 24.9 Å². The van der Waals surface area contributed by atoms with Crippen LogP contribution in [0.3, 0.4) is 0 Å². The summed E-state index contributed by atoms with van der Waals surface area (Å²) in [7, 11) is 0. The van der Waals surface area contributed by atoms with Gasteiger partial charge in [0.05, 0.1) is 11.1 Å². The van der Waals surface area contributed by atoms with E-state index in [0.717, 1.165) is 5.56 Å². The Labute approximate surface area is 104 Å². The van der Waals surface area contributed by atoms with Crippen molar-refractivity contribution < 1.29 is 9.84 Å². The monoisotopic (exact) mass is 288 g/mol. The number of rotatable bonds is 5. The van der Waals surface area contributed by atoms with Gasteiger partial charge in [0.2, 0.25) is 0 Å². The van der Waals surface area contributed by atoms with Gasteiger partial charge in [-0.15, -0.1) is 0 Å². The molecular weight excluding hydrogens is 272 g/mol. The van der Waals surface area contributed by atoms with Crippen molar-refractivity contribution in [2.24, 2.45) is 11.5 Å². The van der Waals surface area contributed by atoms with Crippen molar-refractivity contribution in [3.63, 3.8) is 0 Å². The minimum absolute atomic E-state index is 0.102. The molecule has 1 aromatic carbocycles. The first kappa shape index (κ1) is 13.3. The third kappa shape index (κ3) is 3.10. The summed E-state index contributed by atoms with van der Waals surface area (Å²) < 4.78 is 5.90. The predicted molar refractivity (Wildman–Crippen MR) is 67.6 cm³/mol. The third-order valence-corrected chi connectivity index (χ3v) is 2.86. The van der Waals surface area contributed by atoms with Gasteiger partial charge in [-0.3, -0.25) is 0 Å². The SMILES string of the molecule is CCOc1cc([C@H](N)CCN)cc(Br)c1O. The van der Waals surface area contributed by atoms with Crippen LogP contribution in [-0.4, -0.2) is 18.3 Å². The molecule has 5 N–H and O–H groups in total. The van der Waals surface area contributed by atoms with Gasteiger partial charge in [-0.1, -0.05) is 0 Å². The second kappa shape index (κ2) is 6.08. The van der Waals surface area contributed by atoms with Gasteiger partial charge in [-0.05, 0) is 53.5 Å². The number of hydrogen-bond donors (Lipinski definition) is 3. The number of benzene rings is 1. The third-order valence-electron chi connectivity index (χ3n) is 2.26. The minimum atomic E-state index is -0.138. The highest BCUT2D eigenvalue weighted by Crippen LogP contribution is 2.37. The van der Waals surface area contributed by atoms with E-state index in [9.17, 15) is 5.11 Å². The predicted octanol–water partition coefficient (Wildman–Crippen LogP) is 1.90. The van der Waals surface area contributed by atoms with Gasteiger partial charge in [0.15, 0.2) is 11.5 Å². The highest BCUT2D eigenvalue weighted by Gasteiger charge is 2.13. The molecule has 0 spiro atoms. The average molecular weight is 289 g/mol. The van der Waals surface area contributed by atoms with Gasteiger partial charge in [-0.25, -0.2) is 0 Å². The van der Waals surface area contributed by atoms with E-state index in [1.54, 1.807) is 12.1 Å². The second-order valence-electron chi connectivity index (χ2n) is 3.47. The van der Waals surface area contributed by atoms with Gasteiger partial charge in [0.25, 0.3) is 0 Å². The zero-order valence-corrected chi connectivity index (χ0v) is 10.8. The van der Waals surface area contributed by atoms with Crippen molar-refractivity contribution in [3.05, 3.63) is 22.2 Å². The topological polar surface area (TPSA) is 81.5 Å². The number of hydrogen-bond acceptors (Lipinski definition) is 4. The fourth-order valence-corrected chi connectivity index (χ4v) is 1.88. The van der Waals surface area contributed by atoms with Gasteiger partial charge in [-0.2, -0.15) is 0 Å². The molecule has 90 valence electrons. The molecule has 4 nitrogen and oxygen atoms in total. The van der Waals surface area contributed by atoms with E-state index in [4.69, 9.17) is 16.2 Å². The van der Waals surface area contributed by atoms with Crippen molar-refractivity contribution in [3.8, 4) is 11.5 Å². The van der Waals surface area contributed by atoms with E-state index in [-0.39, 0.29) is 11.8 Å². The lowest BCUT2D eigenvalue weighted by Gasteiger charge is -2.14. The number of halogens is 1. The molecule has 0 fully saturated rings. The zero-order chi connectivity index (χ0) is 12.1. The van der Waals surface area contributed by atoms with E-state index in [0.29, 0.717) is 29.8 Å². The standard InChI is InChI=1S/C11H17BrN2O2/c1-2-16-10-6-7(9(14)3-4-13)5-8(12)11(10)15/h5-6,9,15H,2-4,13-14H2,1H3/t9-/m1/s1. The molecule has 0 aliphatic heterocycles. The van der Waals surface area contributed by atoms with Crippen LogP contribution in [-0.2, 0) is 0 Å². The van der Waals surface area contributed by atoms with E-state index in [2.05, 4.69) is 15.9 Å². The summed E-state index contributed by atoms with van der Waals surface area (Å²) in [5.74, 6) is 0.546. The maximum Gasteiger partial charge on any atom is 0.172 e. The summed E-state index contributed by atoms with van der Waals surface area (Å²) in [5, 5.41) is 9.73. The lowest BCUT2D eigenvalue weighted by atomic mass is 10.0. The van der Waals surface area contributed by atoms with Gasteiger partial charge in [0, 0.05) is 6.04 Å². The molecule has 0 saturated heterocycles. The van der Waals surface area contributed by atoms with Crippen LogP contribution in [0.4, 0.5) is 0 Å². The molecule has 1 rings (SSSR count). The average Bonchev–Trinajstić information content (AvgIpc) is 2.25. The van der Waals surface area contributed by atoms with Crippen LogP contribution in [0.5, 0.6) is 11.5 Å². The maximum atomic E-state index is 9.73. The van der Waals surface area contributed by atoms with Crippen LogP contribution in [0.2, 0.25) is 0 Å². The van der Waals surface area contributed by atoms with Crippen LogP contribution < -0.4 is 16.2 Å². The van der Waals surface area contributed by atoms with E-state index in [1.807, 2.05) is 6.92 Å². The summed E-state index contributed by atoms with van der Waals surface area (Å²) in [6, 6.07) is 3.41. The molecule has 1 atom stereocenters. The van der Waals surface area contributed by atoms with Crippen molar-refractivity contribution in [1.29, 1.82) is 0 Å². The first-order valence-corrected chi connectivity index (χ1v) is 6.00. The minimum Gasteiger partial charge on any atom is -0.503 e. The molecule has 0 aliphatic rings. The van der Waals surface area contributed by atoms with Crippen molar-refractivity contribution in [1.82, 2.24) is 0 Å². The van der Waals surface area contributed by atoms with Gasteiger partial charge in [0.1, 0.15) is 0 Å². The fraction of sp³-hybridized carbons (Fsp3) is 0.455. The Balaban J connectivity index is 3.03. The molecule has 0 unspecified atom stereocenters. The Morgan fingerprint density at radius 1 is 1.50 bits per heavy atom. The molecule has 0 radical (unpaired) electrons. The number of ether oxygens (including phenoxy) is 1. The van der Waals surface area contributed by atoms with E-state index >= 15 is 0 Å². The Morgan fingerprint density at radius 2 is 2.19 bits per heavy atom. The number of aromatic hydroxyl groups is 1. The summed E-state index contributed by atoms with van der Waals surface area (Å²) in [4.78, 5) is 0. The molecule has 16 heavy (non-hydrogen) atoms. The van der Waals surface area contributed by atoms with Crippen molar-refractivity contribution in [2.45, 2.75) is 19.4 Å². The summed E-state index contributed by atoms with van der Waals surface area (Å²) >= 11 is 3.27. The van der Waals surface area contributed by atoms with Crippen LogP contribution in [0.25, 0.3) is 0 Å². The number of phenols is 1. The quantitative estimate of drug-likeness (QED) is 0.773. The molecule has 0 amide bonds. The van der Waals surface area contributed by atoms with Gasteiger partial charge < -0.3 is 21.3 Å². The summed E-state index contributed by atoms with van der Waals surface area (Å²) in [5.41, 5.74) is 12.3.